The molecule has 0 amide bonds. The first-order valence-electron chi connectivity index (χ1n) is 8.40. The van der Waals surface area contributed by atoms with Crippen LogP contribution in [-0.2, 0) is 0 Å². The molecule has 22 heavy (non-hydrogen) atoms. The molecule has 1 aromatic heterocycles. The van der Waals surface area contributed by atoms with Crippen LogP contribution in [0.1, 0.15) is 45.4 Å². The molecular formula is C19H24N2S. The van der Waals surface area contributed by atoms with Crippen LogP contribution in [0.3, 0.4) is 0 Å². The van der Waals surface area contributed by atoms with E-state index in [1.54, 1.807) is 11.3 Å². The normalized spacial score (nSPS) is 11.3. The monoisotopic (exact) mass is 312 g/mol. The summed E-state index contributed by atoms with van der Waals surface area (Å²) in [6.07, 6.45) is 7.99. The number of nitrogens with zero attached hydrogens (tertiary/aromatic N) is 1. The molecule has 0 fully saturated rings. The Balaban J connectivity index is 1.59. The summed E-state index contributed by atoms with van der Waals surface area (Å²) in [7, 11) is 0. The van der Waals surface area contributed by atoms with Crippen molar-refractivity contribution in [2.45, 2.75) is 45.4 Å². The zero-order chi connectivity index (χ0) is 15.2. The van der Waals surface area contributed by atoms with Gasteiger partial charge in [-0.1, -0.05) is 80.7 Å². The molecule has 1 N–H and O–H groups in total. The van der Waals surface area contributed by atoms with Gasteiger partial charge in [-0.15, -0.1) is 0 Å². The number of aromatic nitrogens is 1. The van der Waals surface area contributed by atoms with Crippen LogP contribution >= 0.6 is 11.3 Å². The van der Waals surface area contributed by atoms with Crippen molar-refractivity contribution in [3.63, 3.8) is 0 Å². The minimum absolute atomic E-state index is 1.03. The molecule has 0 aliphatic rings. The first-order chi connectivity index (χ1) is 10.9. The van der Waals surface area contributed by atoms with Gasteiger partial charge in [0.05, 0.1) is 10.2 Å². The number of anilines is 1. The van der Waals surface area contributed by atoms with Gasteiger partial charge in [0.15, 0.2) is 5.13 Å². The highest BCUT2D eigenvalue weighted by atomic mass is 32.1. The quantitative estimate of drug-likeness (QED) is 0.499. The maximum absolute atomic E-state index is 4.72. The fourth-order valence-electron chi connectivity index (χ4n) is 2.83. The molecular weight excluding hydrogens is 288 g/mol. The SMILES string of the molecule is CCCCCCCCNc1nc2ccc3ccccc3c2s1. The molecule has 0 spiro atoms. The molecule has 0 aliphatic heterocycles. The molecule has 0 unspecified atom stereocenters. The third kappa shape index (κ3) is 3.58. The number of fused-ring (bicyclic) bond motifs is 3. The molecule has 0 atom stereocenters. The van der Waals surface area contributed by atoms with Crippen molar-refractivity contribution in [3.05, 3.63) is 36.4 Å². The molecule has 3 heteroatoms. The lowest BCUT2D eigenvalue weighted by molar-refractivity contribution is 0.617. The van der Waals surface area contributed by atoms with Gasteiger partial charge in [0, 0.05) is 11.9 Å². The topological polar surface area (TPSA) is 24.9 Å². The second-order valence-electron chi connectivity index (χ2n) is 5.85. The van der Waals surface area contributed by atoms with Crippen LogP contribution < -0.4 is 5.32 Å². The van der Waals surface area contributed by atoms with E-state index in [0.29, 0.717) is 0 Å². The van der Waals surface area contributed by atoms with Crippen molar-refractivity contribution in [1.29, 1.82) is 0 Å². The number of benzene rings is 2. The van der Waals surface area contributed by atoms with Gasteiger partial charge in [-0.05, 0) is 17.9 Å². The average Bonchev–Trinajstić information content (AvgIpc) is 2.97. The Hall–Kier alpha value is -1.61. The molecule has 2 nitrogen and oxygen atoms in total. The lowest BCUT2D eigenvalue weighted by atomic mass is 10.1. The molecule has 0 aliphatic carbocycles. The van der Waals surface area contributed by atoms with Gasteiger partial charge >= 0.3 is 0 Å². The highest BCUT2D eigenvalue weighted by molar-refractivity contribution is 7.23. The van der Waals surface area contributed by atoms with Gasteiger partial charge in [-0.25, -0.2) is 4.98 Å². The first kappa shape index (κ1) is 15.3. The second-order valence-corrected chi connectivity index (χ2v) is 6.85. The standard InChI is InChI=1S/C19H24N2S/c1-2-3-4-5-6-9-14-20-19-21-17-13-12-15-10-7-8-11-16(15)18(17)22-19/h7-8,10-13H,2-6,9,14H2,1H3,(H,20,21). The fourth-order valence-corrected chi connectivity index (χ4v) is 3.86. The van der Waals surface area contributed by atoms with Crippen molar-refractivity contribution < 1.29 is 0 Å². The lowest BCUT2D eigenvalue weighted by Crippen LogP contribution is -2.00. The summed E-state index contributed by atoms with van der Waals surface area (Å²) in [5.41, 5.74) is 1.11. The van der Waals surface area contributed by atoms with Crippen molar-refractivity contribution in [2.75, 3.05) is 11.9 Å². The van der Waals surface area contributed by atoms with E-state index in [1.807, 2.05) is 0 Å². The van der Waals surface area contributed by atoms with Crippen LogP contribution in [0.15, 0.2) is 36.4 Å². The number of hydrogen-bond acceptors (Lipinski definition) is 3. The van der Waals surface area contributed by atoms with Gasteiger partial charge in [0.2, 0.25) is 0 Å². The summed E-state index contributed by atoms with van der Waals surface area (Å²) in [4.78, 5) is 4.72. The summed E-state index contributed by atoms with van der Waals surface area (Å²) >= 11 is 1.78. The van der Waals surface area contributed by atoms with Crippen molar-refractivity contribution in [3.8, 4) is 0 Å². The van der Waals surface area contributed by atoms with E-state index in [0.717, 1.165) is 17.2 Å². The van der Waals surface area contributed by atoms with E-state index in [1.165, 1.54) is 54.0 Å². The molecule has 116 valence electrons. The molecule has 3 rings (SSSR count). The Morgan fingerprint density at radius 1 is 0.955 bits per heavy atom. The molecule has 0 radical (unpaired) electrons. The maximum Gasteiger partial charge on any atom is 0.183 e. The van der Waals surface area contributed by atoms with Gasteiger partial charge in [0.1, 0.15) is 0 Å². The predicted octanol–water partition coefficient (Wildman–Crippen LogP) is 6.22. The fraction of sp³-hybridized carbons (Fsp3) is 0.421. The lowest BCUT2D eigenvalue weighted by Gasteiger charge is -2.02. The largest absolute Gasteiger partial charge is 0.361 e. The Morgan fingerprint density at radius 2 is 1.77 bits per heavy atom. The van der Waals surface area contributed by atoms with E-state index in [2.05, 4.69) is 48.6 Å². The second kappa shape index (κ2) is 7.59. The summed E-state index contributed by atoms with van der Waals surface area (Å²) in [5.74, 6) is 0. The minimum atomic E-state index is 1.03. The summed E-state index contributed by atoms with van der Waals surface area (Å²) in [5, 5.41) is 7.16. The summed E-state index contributed by atoms with van der Waals surface area (Å²) in [6, 6.07) is 12.8. The first-order valence-corrected chi connectivity index (χ1v) is 9.22. The van der Waals surface area contributed by atoms with Gasteiger partial charge < -0.3 is 5.32 Å². The summed E-state index contributed by atoms with van der Waals surface area (Å²) in [6.45, 7) is 3.29. The van der Waals surface area contributed by atoms with Gasteiger partial charge in [-0.3, -0.25) is 0 Å². The maximum atomic E-state index is 4.72. The zero-order valence-electron chi connectivity index (χ0n) is 13.3. The van der Waals surface area contributed by atoms with E-state index in [9.17, 15) is 0 Å². The average molecular weight is 312 g/mol. The number of nitrogens with one attached hydrogen (secondary N) is 1. The third-order valence-electron chi connectivity index (χ3n) is 4.09. The molecule has 1 heterocycles. The highest BCUT2D eigenvalue weighted by Crippen LogP contribution is 2.32. The van der Waals surface area contributed by atoms with Crippen LogP contribution in [0, 0.1) is 0 Å². The Kier molecular flexibility index (Phi) is 5.28. The number of hydrogen-bond donors (Lipinski definition) is 1. The molecule has 2 aromatic carbocycles. The number of unbranched alkanes of at least 4 members (excludes halogenated alkanes) is 5. The van der Waals surface area contributed by atoms with Crippen LogP contribution in [0.4, 0.5) is 5.13 Å². The van der Waals surface area contributed by atoms with Gasteiger partial charge in [-0.2, -0.15) is 0 Å². The number of thiazole rings is 1. The van der Waals surface area contributed by atoms with E-state index < -0.39 is 0 Å². The Morgan fingerprint density at radius 3 is 2.68 bits per heavy atom. The third-order valence-corrected chi connectivity index (χ3v) is 5.15. The van der Waals surface area contributed by atoms with E-state index in [-0.39, 0.29) is 0 Å². The zero-order valence-corrected chi connectivity index (χ0v) is 14.1. The van der Waals surface area contributed by atoms with Crippen molar-refractivity contribution in [2.24, 2.45) is 0 Å². The molecule has 0 saturated carbocycles. The van der Waals surface area contributed by atoms with E-state index in [4.69, 9.17) is 4.98 Å². The van der Waals surface area contributed by atoms with Crippen LogP contribution in [0.5, 0.6) is 0 Å². The molecule has 0 bridgehead atoms. The van der Waals surface area contributed by atoms with Crippen molar-refractivity contribution >= 4 is 37.5 Å². The number of rotatable bonds is 8. The smallest absolute Gasteiger partial charge is 0.183 e. The Bertz CT molecular complexity index is 732. The Labute approximate surface area is 136 Å². The molecule has 0 saturated heterocycles. The van der Waals surface area contributed by atoms with Crippen LogP contribution in [0.25, 0.3) is 21.0 Å². The van der Waals surface area contributed by atoms with Gasteiger partial charge in [0.25, 0.3) is 0 Å². The summed E-state index contributed by atoms with van der Waals surface area (Å²) < 4.78 is 1.29. The van der Waals surface area contributed by atoms with Crippen molar-refractivity contribution in [1.82, 2.24) is 4.98 Å². The highest BCUT2D eigenvalue weighted by Gasteiger charge is 2.06. The van der Waals surface area contributed by atoms with E-state index >= 15 is 0 Å². The van der Waals surface area contributed by atoms with Crippen LogP contribution in [0.2, 0.25) is 0 Å². The van der Waals surface area contributed by atoms with Crippen LogP contribution in [-0.4, -0.2) is 11.5 Å². The molecule has 3 aromatic rings. The minimum Gasteiger partial charge on any atom is -0.361 e. The predicted molar refractivity (Wildman–Crippen MR) is 99.0 cm³/mol.